The van der Waals surface area contributed by atoms with Crippen LogP contribution in [0.5, 0.6) is 5.75 Å². The monoisotopic (exact) mass is 644 g/mol. The third-order valence-electron chi connectivity index (χ3n) is 8.15. The zero-order valence-electron chi connectivity index (χ0n) is 29.1. The third kappa shape index (κ3) is 7.99. The topological polar surface area (TPSA) is 125 Å². The van der Waals surface area contributed by atoms with Crippen molar-refractivity contribution in [1.82, 2.24) is 19.9 Å². The van der Waals surface area contributed by atoms with Crippen LogP contribution in [-0.2, 0) is 14.9 Å². The Hall–Kier alpha value is -4.71. The lowest BCUT2D eigenvalue weighted by atomic mass is 9.91. The summed E-state index contributed by atoms with van der Waals surface area (Å²) in [6, 6.07) is 7.61. The summed E-state index contributed by atoms with van der Waals surface area (Å²) in [5.74, 6) is 0.293. The van der Waals surface area contributed by atoms with Gasteiger partial charge in [0.2, 0.25) is 11.9 Å². The average Bonchev–Trinajstić information content (AvgIpc) is 3.30. The first-order valence-corrected chi connectivity index (χ1v) is 16.0. The van der Waals surface area contributed by atoms with Gasteiger partial charge in [-0.25, -0.2) is 9.78 Å². The number of aromatic nitrogens is 3. The second-order valence-corrected chi connectivity index (χ2v) is 12.5. The minimum atomic E-state index is -0.517. The zero-order chi connectivity index (χ0) is 34.5. The van der Waals surface area contributed by atoms with Crippen LogP contribution in [0.15, 0.2) is 43.1 Å². The molecule has 0 aliphatic carbocycles. The van der Waals surface area contributed by atoms with E-state index in [0.29, 0.717) is 29.5 Å². The summed E-state index contributed by atoms with van der Waals surface area (Å²) >= 11 is 0. The van der Waals surface area contributed by atoms with Crippen LogP contribution in [0.1, 0.15) is 63.3 Å². The number of hydrogen-bond acceptors (Lipinski definition) is 11. The van der Waals surface area contributed by atoms with Gasteiger partial charge in [-0.3, -0.25) is 9.78 Å². The lowest BCUT2D eigenvalue weighted by Gasteiger charge is -2.27. The number of fused-ring (bicyclic) bond motifs is 1. The maximum Gasteiger partial charge on any atom is 0.343 e. The molecule has 2 N–H and O–H groups in total. The molecule has 0 radical (unpaired) electrons. The number of rotatable bonds is 14. The maximum atomic E-state index is 13.3. The predicted octanol–water partition coefficient (Wildman–Crippen LogP) is 5.83. The molecule has 0 unspecified atom stereocenters. The summed E-state index contributed by atoms with van der Waals surface area (Å²) in [4.78, 5) is 46.4. The molecule has 47 heavy (non-hydrogen) atoms. The van der Waals surface area contributed by atoms with Gasteiger partial charge in [-0.2, -0.15) is 4.98 Å². The number of pyridine rings is 1. The highest BCUT2D eigenvalue weighted by atomic mass is 16.5. The van der Waals surface area contributed by atoms with Crippen LogP contribution < -0.4 is 25.2 Å². The normalized spacial score (nSPS) is 13.4. The Morgan fingerprint density at radius 2 is 1.85 bits per heavy atom. The fourth-order valence-corrected chi connectivity index (χ4v) is 5.58. The van der Waals surface area contributed by atoms with Gasteiger partial charge in [-0.1, -0.05) is 34.3 Å². The number of likely N-dealkylation sites (N-methyl/N-ethyl adjacent to an activating group) is 2. The molecule has 0 saturated carbocycles. The number of benzene rings is 1. The van der Waals surface area contributed by atoms with E-state index in [9.17, 15) is 9.59 Å². The molecule has 3 heterocycles. The van der Waals surface area contributed by atoms with Crippen molar-refractivity contribution < 1.29 is 19.1 Å². The number of esters is 1. The molecule has 12 nitrogen and oxygen atoms in total. The molecule has 0 saturated heterocycles. The van der Waals surface area contributed by atoms with E-state index < -0.39 is 5.97 Å². The van der Waals surface area contributed by atoms with Crippen molar-refractivity contribution in [3.05, 3.63) is 60.1 Å². The number of carbonyl (C=O) groups is 2. The number of amides is 1. The van der Waals surface area contributed by atoms with Crippen molar-refractivity contribution >= 4 is 46.4 Å². The zero-order valence-corrected chi connectivity index (χ0v) is 29.1. The Bertz CT molecular complexity index is 1620. The molecular weight excluding hydrogens is 596 g/mol. The van der Waals surface area contributed by atoms with E-state index in [1.807, 2.05) is 37.1 Å². The minimum Gasteiger partial charge on any atom is -0.494 e. The Labute approximate surface area is 278 Å². The van der Waals surface area contributed by atoms with Crippen LogP contribution in [0.3, 0.4) is 0 Å². The smallest absolute Gasteiger partial charge is 0.343 e. The van der Waals surface area contributed by atoms with Crippen LogP contribution >= 0.6 is 0 Å². The SMILES string of the molecule is C=CC(=O)Nc1cc(Nc2ncc(C(=O)OC(C)C)c(N3CC(C)(C)c4nc(C)ccc43)n2)c(OC)cc1N(C)CCN(CC)CC. The summed E-state index contributed by atoms with van der Waals surface area (Å²) in [7, 11) is 3.56. The second-order valence-electron chi connectivity index (χ2n) is 12.5. The van der Waals surface area contributed by atoms with E-state index in [4.69, 9.17) is 19.4 Å². The highest BCUT2D eigenvalue weighted by Crippen LogP contribution is 2.44. The first-order valence-electron chi connectivity index (χ1n) is 16.0. The number of ether oxygens (including phenoxy) is 2. The molecule has 0 atom stereocenters. The van der Waals surface area contributed by atoms with Crippen molar-refractivity contribution in [1.29, 1.82) is 0 Å². The van der Waals surface area contributed by atoms with Crippen LogP contribution in [0.25, 0.3) is 0 Å². The van der Waals surface area contributed by atoms with Gasteiger partial charge in [-0.05, 0) is 58.1 Å². The predicted molar refractivity (Wildman–Crippen MR) is 188 cm³/mol. The van der Waals surface area contributed by atoms with Gasteiger partial charge in [0.1, 0.15) is 11.3 Å². The molecule has 4 rings (SSSR count). The van der Waals surface area contributed by atoms with E-state index in [2.05, 4.69) is 59.7 Å². The van der Waals surface area contributed by atoms with Crippen molar-refractivity contribution in [2.24, 2.45) is 0 Å². The molecule has 2 aromatic heterocycles. The third-order valence-corrected chi connectivity index (χ3v) is 8.15. The molecule has 0 spiro atoms. The van der Waals surface area contributed by atoms with E-state index in [-0.39, 0.29) is 28.9 Å². The van der Waals surface area contributed by atoms with E-state index in [0.717, 1.165) is 48.9 Å². The number of anilines is 6. The van der Waals surface area contributed by atoms with Crippen molar-refractivity contribution in [3.8, 4) is 5.75 Å². The number of carbonyl (C=O) groups excluding carboxylic acids is 2. The van der Waals surface area contributed by atoms with Gasteiger partial charge in [0.15, 0.2) is 5.82 Å². The molecular formula is C35H48N8O4. The minimum absolute atomic E-state index is 0.231. The highest BCUT2D eigenvalue weighted by Gasteiger charge is 2.39. The number of aryl methyl sites for hydroxylation is 1. The fraction of sp³-hybridized carbons (Fsp3) is 0.457. The number of methoxy groups -OCH3 is 1. The Balaban J connectivity index is 1.78. The van der Waals surface area contributed by atoms with E-state index in [1.54, 1.807) is 27.0 Å². The van der Waals surface area contributed by atoms with Crippen LogP contribution in [0, 0.1) is 6.92 Å². The number of nitrogens with zero attached hydrogens (tertiary/aromatic N) is 6. The van der Waals surface area contributed by atoms with Crippen molar-refractivity contribution in [2.45, 2.75) is 60.0 Å². The van der Waals surface area contributed by atoms with Gasteiger partial charge < -0.3 is 34.8 Å². The Morgan fingerprint density at radius 1 is 1.13 bits per heavy atom. The molecule has 0 bridgehead atoms. The molecule has 12 heteroatoms. The molecule has 252 valence electrons. The van der Waals surface area contributed by atoms with Gasteiger partial charge in [0.25, 0.3) is 0 Å². The Kier molecular flexibility index (Phi) is 11.1. The molecule has 1 aliphatic heterocycles. The van der Waals surface area contributed by atoms with Crippen molar-refractivity contribution in [3.63, 3.8) is 0 Å². The van der Waals surface area contributed by atoms with Gasteiger partial charge in [0, 0.05) is 50.1 Å². The summed E-state index contributed by atoms with van der Waals surface area (Å²) in [5, 5.41) is 6.20. The Morgan fingerprint density at radius 3 is 2.49 bits per heavy atom. The van der Waals surface area contributed by atoms with E-state index >= 15 is 0 Å². The van der Waals surface area contributed by atoms with Crippen LogP contribution in [-0.4, -0.2) is 84.7 Å². The summed E-state index contributed by atoms with van der Waals surface area (Å²) < 4.78 is 11.4. The quantitative estimate of drug-likeness (QED) is 0.163. The van der Waals surface area contributed by atoms with Crippen molar-refractivity contribution in [2.75, 3.05) is 67.3 Å². The molecule has 1 amide bonds. The summed E-state index contributed by atoms with van der Waals surface area (Å²) in [6.45, 7) is 21.7. The second kappa shape index (κ2) is 14.8. The first-order chi connectivity index (χ1) is 22.3. The fourth-order valence-electron chi connectivity index (χ4n) is 5.58. The van der Waals surface area contributed by atoms with E-state index in [1.165, 1.54) is 12.3 Å². The highest BCUT2D eigenvalue weighted by molar-refractivity contribution is 6.02. The van der Waals surface area contributed by atoms with Crippen LogP contribution in [0.4, 0.5) is 34.5 Å². The maximum absolute atomic E-state index is 13.3. The largest absolute Gasteiger partial charge is 0.494 e. The summed E-state index contributed by atoms with van der Waals surface area (Å²) in [6.07, 6.45) is 2.38. The number of nitrogens with one attached hydrogen (secondary N) is 2. The van der Waals surface area contributed by atoms with Crippen LogP contribution in [0.2, 0.25) is 0 Å². The lowest BCUT2D eigenvalue weighted by molar-refractivity contribution is -0.111. The van der Waals surface area contributed by atoms with Gasteiger partial charge in [0.05, 0.1) is 41.7 Å². The summed E-state index contributed by atoms with van der Waals surface area (Å²) in [5.41, 5.74) is 4.52. The average molecular weight is 645 g/mol. The number of hydrogen-bond donors (Lipinski definition) is 2. The standard InChI is InChI=1S/C35H48N8O4/c1-11-30(44)38-25-18-26(29(46-10)19-28(25)41(9)16-17-42(12-2)13-3)39-34-36-20-24(33(45)47-22(4)5)32(40-34)43-21-35(7,8)31-27(43)15-14-23(6)37-31/h11,14-15,18-20,22H,1,12-13,16-17,21H2,2-10H3,(H,38,44)(H,36,39,40). The van der Waals surface area contributed by atoms with Gasteiger partial charge >= 0.3 is 5.97 Å². The lowest BCUT2D eigenvalue weighted by Crippen LogP contribution is -2.33. The van der Waals surface area contributed by atoms with Gasteiger partial charge in [-0.15, -0.1) is 0 Å². The first kappa shape index (κ1) is 35.1. The molecule has 0 fully saturated rings. The molecule has 1 aliphatic rings. The molecule has 1 aromatic carbocycles. The molecule has 3 aromatic rings.